The maximum Gasteiger partial charge on any atom is 0.273 e. The topological polar surface area (TPSA) is 73.2 Å². The maximum atomic E-state index is 13.4. The van der Waals surface area contributed by atoms with Crippen LogP contribution in [0.1, 0.15) is 35.7 Å². The molecule has 4 aromatic rings. The van der Waals surface area contributed by atoms with E-state index >= 15 is 0 Å². The molecule has 1 aliphatic rings. The lowest BCUT2D eigenvalue weighted by Crippen LogP contribution is -2.33. The summed E-state index contributed by atoms with van der Waals surface area (Å²) in [6.07, 6.45) is 1.12. The highest BCUT2D eigenvalue weighted by Gasteiger charge is 2.23. The average Bonchev–Trinajstić information content (AvgIpc) is 2.85. The second-order valence-electron chi connectivity index (χ2n) is 8.36. The molecule has 1 aliphatic heterocycles. The van der Waals surface area contributed by atoms with E-state index in [4.69, 9.17) is 16.3 Å². The van der Waals surface area contributed by atoms with Gasteiger partial charge in [0.25, 0.3) is 5.56 Å². The van der Waals surface area contributed by atoms with E-state index in [1.807, 2.05) is 60.7 Å². The van der Waals surface area contributed by atoms with Gasteiger partial charge < -0.3 is 14.6 Å². The predicted molar refractivity (Wildman–Crippen MR) is 132 cm³/mol. The van der Waals surface area contributed by atoms with Gasteiger partial charge in [0.15, 0.2) is 0 Å². The van der Waals surface area contributed by atoms with Gasteiger partial charge in [-0.25, -0.2) is 4.98 Å². The SMILES string of the molecule is O=C(CCc1nc2cc(Cl)ccc2n(Cc2ccccc2)c1=O)N[C@@H]1CCOc2ccccc21. The molecule has 2 heterocycles. The highest BCUT2D eigenvalue weighted by molar-refractivity contribution is 6.31. The van der Waals surface area contributed by atoms with Crippen molar-refractivity contribution in [1.82, 2.24) is 14.9 Å². The minimum absolute atomic E-state index is 0.101. The fourth-order valence-electron chi connectivity index (χ4n) is 4.35. The van der Waals surface area contributed by atoms with Crippen molar-refractivity contribution in [2.75, 3.05) is 6.61 Å². The molecular formula is C27H24ClN3O3. The normalized spacial score (nSPS) is 14.9. The number of carbonyl (C=O) groups excluding carboxylic acids is 1. The fourth-order valence-corrected chi connectivity index (χ4v) is 4.52. The Bertz CT molecular complexity index is 1400. The smallest absolute Gasteiger partial charge is 0.273 e. The highest BCUT2D eigenvalue weighted by Crippen LogP contribution is 2.31. The number of ether oxygens (including phenoxy) is 1. The molecule has 7 heteroatoms. The molecule has 0 saturated heterocycles. The van der Waals surface area contributed by atoms with Crippen molar-refractivity contribution < 1.29 is 9.53 Å². The molecule has 1 N–H and O–H groups in total. The van der Waals surface area contributed by atoms with Crippen molar-refractivity contribution in [3.63, 3.8) is 0 Å². The number of fused-ring (bicyclic) bond motifs is 2. The Kier molecular flexibility index (Phi) is 6.32. The number of nitrogens with one attached hydrogen (secondary N) is 1. The zero-order valence-corrected chi connectivity index (χ0v) is 19.3. The number of benzene rings is 3. The Morgan fingerprint density at radius 3 is 2.74 bits per heavy atom. The molecule has 1 amide bonds. The summed E-state index contributed by atoms with van der Waals surface area (Å²) in [5.74, 6) is 0.680. The number of rotatable bonds is 6. The van der Waals surface area contributed by atoms with Crippen molar-refractivity contribution in [3.05, 3.63) is 105 Å². The summed E-state index contributed by atoms with van der Waals surface area (Å²) in [6, 6.07) is 22.7. The summed E-state index contributed by atoms with van der Waals surface area (Å²) in [5.41, 5.74) is 3.50. The zero-order chi connectivity index (χ0) is 23.5. The molecule has 0 saturated carbocycles. The van der Waals surface area contributed by atoms with Crippen LogP contribution in [0.2, 0.25) is 5.02 Å². The number of hydrogen-bond donors (Lipinski definition) is 1. The maximum absolute atomic E-state index is 13.4. The number of hydrogen-bond acceptors (Lipinski definition) is 4. The van der Waals surface area contributed by atoms with E-state index in [-0.39, 0.29) is 30.3 Å². The van der Waals surface area contributed by atoms with Gasteiger partial charge in [-0.1, -0.05) is 60.1 Å². The minimum atomic E-state index is -0.192. The molecule has 1 atom stereocenters. The van der Waals surface area contributed by atoms with Gasteiger partial charge >= 0.3 is 0 Å². The molecule has 34 heavy (non-hydrogen) atoms. The second-order valence-corrected chi connectivity index (χ2v) is 8.80. The van der Waals surface area contributed by atoms with E-state index in [1.165, 1.54) is 0 Å². The van der Waals surface area contributed by atoms with E-state index in [0.29, 0.717) is 41.3 Å². The largest absolute Gasteiger partial charge is 0.493 e. The first kappa shape index (κ1) is 22.2. The summed E-state index contributed by atoms with van der Waals surface area (Å²) in [6.45, 7) is 0.970. The van der Waals surface area contributed by atoms with Crippen molar-refractivity contribution >= 4 is 28.5 Å². The molecule has 0 unspecified atom stereocenters. The molecule has 0 radical (unpaired) electrons. The summed E-state index contributed by atoms with van der Waals surface area (Å²) < 4.78 is 7.38. The van der Waals surface area contributed by atoms with Gasteiger partial charge in [-0.05, 0) is 29.8 Å². The Labute approximate surface area is 202 Å². The number of carbonyl (C=O) groups is 1. The number of para-hydroxylation sites is 1. The Hall–Kier alpha value is -3.64. The Morgan fingerprint density at radius 1 is 1.09 bits per heavy atom. The van der Waals surface area contributed by atoms with Gasteiger partial charge in [0.1, 0.15) is 11.4 Å². The average molecular weight is 474 g/mol. The number of nitrogens with zero attached hydrogens (tertiary/aromatic N) is 2. The van der Waals surface area contributed by atoms with Crippen LogP contribution in [0.25, 0.3) is 11.0 Å². The second kappa shape index (κ2) is 9.69. The summed E-state index contributed by atoms with van der Waals surface area (Å²) in [4.78, 5) is 30.7. The molecule has 3 aromatic carbocycles. The lowest BCUT2D eigenvalue weighted by atomic mass is 10.0. The van der Waals surface area contributed by atoms with Crippen LogP contribution in [0.3, 0.4) is 0 Å². The quantitative estimate of drug-likeness (QED) is 0.441. The van der Waals surface area contributed by atoms with Crippen molar-refractivity contribution in [2.24, 2.45) is 0 Å². The monoisotopic (exact) mass is 473 g/mol. The number of aryl methyl sites for hydroxylation is 1. The Morgan fingerprint density at radius 2 is 1.88 bits per heavy atom. The molecule has 0 fully saturated rings. The van der Waals surface area contributed by atoms with Crippen LogP contribution in [0.5, 0.6) is 5.75 Å². The number of aromatic nitrogens is 2. The van der Waals surface area contributed by atoms with Crippen LogP contribution in [0.4, 0.5) is 0 Å². The zero-order valence-electron chi connectivity index (χ0n) is 18.5. The van der Waals surface area contributed by atoms with Gasteiger partial charge in [0.05, 0.1) is 30.2 Å². The summed E-state index contributed by atoms with van der Waals surface area (Å²) >= 11 is 6.20. The van der Waals surface area contributed by atoms with E-state index in [9.17, 15) is 9.59 Å². The molecule has 1 aromatic heterocycles. The van der Waals surface area contributed by atoms with Gasteiger partial charge in [-0.3, -0.25) is 9.59 Å². The van der Waals surface area contributed by atoms with Crippen molar-refractivity contribution in [1.29, 1.82) is 0 Å². The Balaban J connectivity index is 1.38. The van der Waals surface area contributed by atoms with E-state index < -0.39 is 0 Å². The first-order chi connectivity index (χ1) is 16.6. The third kappa shape index (κ3) is 4.68. The van der Waals surface area contributed by atoms with Crippen LogP contribution in [0.15, 0.2) is 77.6 Å². The van der Waals surface area contributed by atoms with Crippen LogP contribution in [-0.2, 0) is 17.8 Å². The first-order valence-corrected chi connectivity index (χ1v) is 11.7. The van der Waals surface area contributed by atoms with Crippen LogP contribution >= 0.6 is 11.6 Å². The van der Waals surface area contributed by atoms with Crippen molar-refractivity contribution in [2.45, 2.75) is 31.8 Å². The molecule has 0 bridgehead atoms. The standard InChI is InChI=1S/C27H24ClN3O3/c28-19-10-12-24-23(16-19)29-22(27(33)31(24)17-18-6-2-1-3-7-18)11-13-26(32)30-21-14-15-34-25-9-5-4-8-20(21)25/h1-10,12,16,21H,11,13-15,17H2,(H,30,32)/t21-/m1/s1. The summed E-state index contributed by atoms with van der Waals surface area (Å²) in [5, 5.41) is 3.64. The van der Waals surface area contributed by atoms with Gasteiger partial charge in [-0.2, -0.15) is 0 Å². The minimum Gasteiger partial charge on any atom is -0.493 e. The van der Waals surface area contributed by atoms with E-state index in [1.54, 1.807) is 16.7 Å². The molecule has 5 rings (SSSR count). The van der Waals surface area contributed by atoms with Crippen LogP contribution in [-0.4, -0.2) is 22.1 Å². The molecule has 0 spiro atoms. The highest BCUT2D eigenvalue weighted by atomic mass is 35.5. The molecule has 172 valence electrons. The fraction of sp³-hybridized carbons (Fsp3) is 0.222. The third-order valence-electron chi connectivity index (χ3n) is 6.04. The predicted octanol–water partition coefficient (Wildman–Crippen LogP) is 4.67. The van der Waals surface area contributed by atoms with E-state index in [0.717, 1.165) is 16.9 Å². The molecule has 6 nitrogen and oxygen atoms in total. The van der Waals surface area contributed by atoms with Gasteiger partial charge in [-0.15, -0.1) is 0 Å². The molecule has 0 aliphatic carbocycles. The lowest BCUT2D eigenvalue weighted by molar-refractivity contribution is -0.122. The van der Waals surface area contributed by atoms with Gasteiger partial charge in [0, 0.05) is 29.8 Å². The lowest BCUT2D eigenvalue weighted by Gasteiger charge is -2.26. The van der Waals surface area contributed by atoms with E-state index in [2.05, 4.69) is 10.3 Å². The summed E-state index contributed by atoms with van der Waals surface area (Å²) in [7, 11) is 0. The first-order valence-electron chi connectivity index (χ1n) is 11.3. The third-order valence-corrected chi connectivity index (χ3v) is 6.28. The number of amides is 1. The van der Waals surface area contributed by atoms with Gasteiger partial charge in [0.2, 0.25) is 5.91 Å². The van der Waals surface area contributed by atoms with Crippen LogP contribution < -0.4 is 15.6 Å². The number of halogens is 1. The molecular weight excluding hydrogens is 450 g/mol. The van der Waals surface area contributed by atoms with Crippen molar-refractivity contribution in [3.8, 4) is 5.75 Å². The van der Waals surface area contributed by atoms with Crippen LogP contribution in [0, 0.1) is 0 Å².